The van der Waals surface area contributed by atoms with Crippen molar-refractivity contribution in [3.8, 4) is 0 Å². The molecule has 1 heterocycles. The van der Waals surface area contributed by atoms with Gasteiger partial charge in [-0.15, -0.1) is 0 Å². The van der Waals surface area contributed by atoms with Gasteiger partial charge in [0.1, 0.15) is 0 Å². The van der Waals surface area contributed by atoms with Crippen molar-refractivity contribution in [2.75, 3.05) is 17.2 Å². The molecule has 0 bridgehead atoms. The molecule has 0 amide bonds. The Labute approximate surface area is 131 Å². The lowest BCUT2D eigenvalue weighted by Crippen LogP contribution is -2.25. The summed E-state index contributed by atoms with van der Waals surface area (Å²) in [4.78, 5) is 2.31. The van der Waals surface area contributed by atoms with E-state index in [0.717, 1.165) is 53.8 Å². The zero-order valence-corrected chi connectivity index (χ0v) is 13.7. The molecule has 2 aromatic rings. The maximum absolute atomic E-state index is 6.42. The number of nitrogen functional groups attached to an aromatic ring is 1. The van der Waals surface area contributed by atoms with Gasteiger partial charge in [-0.05, 0) is 44.5 Å². The number of hydrogen-bond acceptors (Lipinski definition) is 3. The Bertz CT molecular complexity index is 589. The second-order valence-electron chi connectivity index (χ2n) is 5.17. The van der Waals surface area contributed by atoms with Gasteiger partial charge < -0.3 is 10.6 Å². The van der Waals surface area contributed by atoms with Crippen LogP contribution in [0.5, 0.6) is 0 Å². The number of aryl methyl sites for hydroxylation is 2. The zero-order valence-electron chi connectivity index (χ0n) is 12.9. The first kappa shape index (κ1) is 15.7. The van der Waals surface area contributed by atoms with Crippen molar-refractivity contribution < 1.29 is 0 Å². The largest absolute Gasteiger partial charge is 0.399 e. The third-order valence-corrected chi connectivity index (χ3v) is 4.04. The summed E-state index contributed by atoms with van der Waals surface area (Å²) in [6, 6.07) is 7.97. The lowest BCUT2D eigenvalue weighted by molar-refractivity contribution is 0.604. The summed E-state index contributed by atoms with van der Waals surface area (Å²) in [6.07, 6.45) is 1.07. The minimum absolute atomic E-state index is 0.755. The molecule has 0 fully saturated rings. The van der Waals surface area contributed by atoms with Crippen LogP contribution in [-0.2, 0) is 13.1 Å². The van der Waals surface area contributed by atoms with Crippen LogP contribution >= 0.6 is 11.6 Å². The van der Waals surface area contributed by atoms with Gasteiger partial charge in [0.2, 0.25) is 0 Å². The summed E-state index contributed by atoms with van der Waals surface area (Å²) in [5, 5.41) is 5.26. The summed E-state index contributed by atoms with van der Waals surface area (Å²) in [6.45, 7) is 8.75. The molecule has 1 aromatic carbocycles. The predicted octanol–water partition coefficient (Wildman–Crippen LogP) is 3.86. The second-order valence-corrected chi connectivity index (χ2v) is 5.55. The quantitative estimate of drug-likeness (QED) is 0.824. The van der Waals surface area contributed by atoms with Gasteiger partial charge >= 0.3 is 0 Å². The van der Waals surface area contributed by atoms with E-state index in [2.05, 4.69) is 36.0 Å². The highest BCUT2D eigenvalue weighted by Crippen LogP contribution is 2.25. The Hall–Kier alpha value is -1.68. The number of hydrogen-bond donors (Lipinski definition) is 1. The molecule has 0 aliphatic carbocycles. The standard InChI is InChI=1S/C16H23ClN4/c1-4-10-20(14-8-6-13(18)7-9-14)11-15-16(17)12(3)19-21(15)5-2/h6-9H,4-5,10-11,18H2,1-3H3. The molecule has 114 valence electrons. The van der Waals surface area contributed by atoms with Crippen molar-refractivity contribution in [1.82, 2.24) is 9.78 Å². The van der Waals surface area contributed by atoms with Crippen LogP contribution in [0.2, 0.25) is 5.02 Å². The van der Waals surface area contributed by atoms with Gasteiger partial charge in [-0.2, -0.15) is 5.10 Å². The van der Waals surface area contributed by atoms with Crippen molar-refractivity contribution in [2.24, 2.45) is 0 Å². The van der Waals surface area contributed by atoms with E-state index in [-0.39, 0.29) is 0 Å². The lowest BCUT2D eigenvalue weighted by atomic mass is 10.2. The average molecular weight is 307 g/mol. The molecular weight excluding hydrogens is 284 g/mol. The van der Waals surface area contributed by atoms with Gasteiger partial charge in [-0.25, -0.2) is 0 Å². The first-order valence-corrected chi connectivity index (χ1v) is 7.76. The van der Waals surface area contributed by atoms with E-state index in [1.165, 1.54) is 0 Å². The van der Waals surface area contributed by atoms with Crippen molar-refractivity contribution in [3.05, 3.63) is 40.7 Å². The smallest absolute Gasteiger partial charge is 0.0865 e. The van der Waals surface area contributed by atoms with Crippen LogP contribution in [0, 0.1) is 6.92 Å². The van der Waals surface area contributed by atoms with Crippen LogP contribution in [0.15, 0.2) is 24.3 Å². The van der Waals surface area contributed by atoms with Crippen LogP contribution in [0.25, 0.3) is 0 Å². The summed E-state index contributed by atoms with van der Waals surface area (Å²) in [5.41, 5.74) is 9.67. The van der Waals surface area contributed by atoms with Crippen LogP contribution in [0.1, 0.15) is 31.7 Å². The molecular formula is C16H23ClN4. The maximum atomic E-state index is 6.42. The molecule has 0 radical (unpaired) electrons. The molecule has 0 aliphatic rings. The minimum atomic E-state index is 0.755. The van der Waals surface area contributed by atoms with Gasteiger partial charge in [0.25, 0.3) is 0 Å². The molecule has 0 spiro atoms. The minimum Gasteiger partial charge on any atom is -0.399 e. The van der Waals surface area contributed by atoms with Crippen molar-refractivity contribution in [2.45, 2.75) is 40.3 Å². The molecule has 5 heteroatoms. The number of nitrogens with two attached hydrogens (primary N) is 1. The summed E-state index contributed by atoms with van der Waals surface area (Å²) in [7, 11) is 0. The first-order chi connectivity index (χ1) is 10.1. The van der Waals surface area contributed by atoms with Crippen molar-refractivity contribution in [3.63, 3.8) is 0 Å². The Morgan fingerprint density at radius 2 is 1.90 bits per heavy atom. The summed E-state index contributed by atoms with van der Waals surface area (Å²) < 4.78 is 1.98. The third kappa shape index (κ3) is 3.50. The average Bonchev–Trinajstić information content (AvgIpc) is 2.75. The van der Waals surface area contributed by atoms with E-state index in [9.17, 15) is 0 Å². The molecule has 21 heavy (non-hydrogen) atoms. The second kappa shape index (κ2) is 6.85. The topological polar surface area (TPSA) is 47.1 Å². The van der Waals surface area contributed by atoms with Gasteiger partial charge in [0.05, 0.1) is 23.0 Å². The molecule has 4 nitrogen and oxygen atoms in total. The number of halogens is 1. The molecule has 0 saturated heterocycles. The highest BCUT2D eigenvalue weighted by Gasteiger charge is 2.16. The van der Waals surface area contributed by atoms with Crippen LogP contribution in [0.4, 0.5) is 11.4 Å². The van der Waals surface area contributed by atoms with E-state index in [0.29, 0.717) is 0 Å². The van der Waals surface area contributed by atoms with Crippen LogP contribution < -0.4 is 10.6 Å². The van der Waals surface area contributed by atoms with Gasteiger partial charge in [-0.3, -0.25) is 4.68 Å². The monoisotopic (exact) mass is 306 g/mol. The Kier molecular flexibility index (Phi) is 5.12. The summed E-state index contributed by atoms with van der Waals surface area (Å²) >= 11 is 6.42. The predicted molar refractivity (Wildman–Crippen MR) is 89.8 cm³/mol. The number of rotatable bonds is 6. The molecule has 2 N–H and O–H groups in total. The van der Waals surface area contributed by atoms with Crippen LogP contribution in [0.3, 0.4) is 0 Å². The number of nitrogens with zero attached hydrogens (tertiary/aromatic N) is 3. The molecule has 1 aromatic heterocycles. The molecule has 0 unspecified atom stereocenters. The highest BCUT2D eigenvalue weighted by molar-refractivity contribution is 6.31. The first-order valence-electron chi connectivity index (χ1n) is 7.39. The fraction of sp³-hybridized carbons (Fsp3) is 0.438. The van der Waals surface area contributed by atoms with Gasteiger partial charge in [0.15, 0.2) is 0 Å². The van der Waals surface area contributed by atoms with Gasteiger partial charge in [0, 0.05) is 24.5 Å². The van der Waals surface area contributed by atoms with E-state index in [4.69, 9.17) is 17.3 Å². The normalized spacial score (nSPS) is 10.9. The highest BCUT2D eigenvalue weighted by atomic mass is 35.5. The fourth-order valence-corrected chi connectivity index (χ4v) is 2.65. The zero-order chi connectivity index (χ0) is 15.4. The SMILES string of the molecule is CCCN(Cc1c(Cl)c(C)nn1CC)c1ccc(N)cc1. The molecule has 2 rings (SSSR count). The van der Waals surface area contributed by atoms with Gasteiger partial charge in [-0.1, -0.05) is 18.5 Å². The fourth-order valence-electron chi connectivity index (χ4n) is 2.46. The van der Waals surface area contributed by atoms with E-state index in [1.54, 1.807) is 0 Å². The van der Waals surface area contributed by atoms with Crippen molar-refractivity contribution >= 4 is 23.0 Å². The lowest BCUT2D eigenvalue weighted by Gasteiger charge is -2.25. The van der Waals surface area contributed by atoms with E-state index in [1.807, 2.05) is 23.7 Å². The van der Waals surface area contributed by atoms with E-state index < -0.39 is 0 Å². The molecule has 0 atom stereocenters. The maximum Gasteiger partial charge on any atom is 0.0865 e. The number of benzene rings is 1. The number of anilines is 2. The number of aromatic nitrogens is 2. The molecule has 0 saturated carbocycles. The molecule has 0 aliphatic heterocycles. The van der Waals surface area contributed by atoms with Crippen molar-refractivity contribution in [1.29, 1.82) is 0 Å². The third-order valence-electron chi connectivity index (χ3n) is 3.55. The van der Waals surface area contributed by atoms with Crippen LogP contribution in [-0.4, -0.2) is 16.3 Å². The Morgan fingerprint density at radius 1 is 1.24 bits per heavy atom. The van der Waals surface area contributed by atoms with E-state index >= 15 is 0 Å². The summed E-state index contributed by atoms with van der Waals surface area (Å²) in [5.74, 6) is 0. The Morgan fingerprint density at radius 3 is 2.48 bits per heavy atom. The Balaban J connectivity index is 2.30.